The Balaban J connectivity index is 1.64. The molecule has 7 atom stereocenters. The molecule has 0 N–H and O–H groups in total. The second kappa shape index (κ2) is 7.58. The normalized spacial score (nSPS) is 47.8. The Morgan fingerprint density at radius 3 is 2.29 bits per heavy atom. The van der Waals surface area contributed by atoms with Gasteiger partial charge in [-0.15, -0.1) is 0 Å². The molecule has 4 heteroatoms. The maximum absolute atomic E-state index is 13.4. The van der Waals surface area contributed by atoms with Crippen LogP contribution in [0.5, 0.6) is 0 Å². The minimum absolute atomic E-state index is 0.0169. The van der Waals surface area contributed by atoms with Crippen LogP contribution < -0.4 is 0 Å². The molecule has 5 aliphatic carbocycles. The van der Waals surface area contributed by atoms with E-state index in [9.17, 15) is 9.59 Å². The molecular weight excluding hydrogens is 500 g/mol. The van der Waals surface area contributed by atoms with Crippen molar-refractivity contribution in [1.82, 2.24) is 0 Å². The van der Waals surface area contributed by atoms with Gasteiger partial charge in [-0.25, -0.2) is 0 Å². The van der Waals surface area contributed by atoms with Crippen LogP contribution in [0.3, 0.4) is 0 Å². The maximum Gasteiger partial charge on any atom is 0.312 e. The van der Waals surface area contributed by atoms with Crippen LogP contribution in [-0.2, 0) is 14.3 Å². The number of methoxy groups -OCH3 is 1. The van der Waals surface area contributed by atoms with E-state index in [1.165, 1.54) is 0 Å². The van der Waals surface area contributed by atoms with Crippen LogP contribution >= 0.6 is 15.9 Å². The van der Waals surface area contributed by atoms with Crippen molar-refractivity contribution < 1.29 is 14.3 Å². The van der Waals surface area contributed by atoms with E-state index in [4.69, 9.17) is 4.74 Å². The van der Waals surface area contributed by atoms with Gasteiger partial charge in [0.2, 0.25) is 0 Å². The molecule has 3 saturated carbocycles. The number of rotatable bonds is 1. The van der Waals surface area contributed by atoms with Crippen LogP contribution in [0.2, 0.25) is 0 Å². The molecule has 3 nitrogen and oxygen atoms in total. The molecule has 3 fully saturated rings. The molecule has 1 unspecified atom stereocenters. The highest BCUT2D eigenvalue weighted by molar-refractivity contribution is 9.12. The van der Waals surface area contributed by atoms with E-state index >= 15 is 0 Å². The SMILES string of the molecule is COC(=O)[C@]12CCC(C)(C)CC1C1=CC[C@@H]3[C@@]4(C)C=C(Br)C(=O)C(C)(C)[C@@H]4CC[C@@]3(C)[C@]1(C)CC2. The fourth-order valence-electron chi connectivity index (χ4n) is 10.2. The Morgan fingerprint density at radius 1 is 0.971 bits per heavy atom. The zero-order chi connectivity index (χ0) is 25.8. The Labute approximate surface area is 221 Å². The highest BCUT2D eigenvalue weighted by Crippen LogP contribution is 2.75. The predicted octanol–water partition coefficient (Wildman–Crippen LogP) is 8.03. The van der Waals surface area contributed by atoms with Crippen LogP contribution in [0.25, 0.3) is 0 Å². The lowest BCUT2D eigenvalue weighted by atomic mass is 9.34. The van der Waals surface area contributed by atoms with Gasteiger partial charge in [-0.3, -0.25) is 9.59 Å². The number of hydrogen-bond donors (Lipinski definition) is 0. The summed E-state index contributed by atoms with van der Waals surface area (Å²) in [6.45, 7) is 16.6. The summed E-state index contributed by atoms with van der Waals surface area (Å²) in [6, 6.07) is 0. The molecule has 194 valence electrons. The number of ketones is 1. The Hall–Kier alpha value is -0.900. The van der Waals surface area contributed by atoms with Crippen LogP contribution in [-0.4, -0.2) is 18.9 Å². The summed E-state index contributed by atoms with van der Waals surface area (Å²) in [6.07, 6.45) is 13.2. The Bertz CT molecular complexity index is 1040. The lowest BCUT2D eigenvalue weighted by Gasteiger charge is -2.69. The lowest BCUT2D eigenvalue weighted by molar-refractivity contribution is -0.177. The summed E-state index contributed by atoms with van der Waals surface area (Å²) in [7, 11) is 1.58. The van der Waals surface area contributed by atoms with Crippen molar-refractivity contribution in [3.8, 4) is 0 Å². The fraction of sp³-hybridized carbons (Fsp3) is 0.806. The number of Topliss-reactive ketones (excluding diaryl/α,β-unsaturated/α-hetero) is 1. The van der Waals surface area contributed by atoms with Gasteiger partial charge in [0, 0.05) is 5.41 Å². The van der Waals surface area contributed by atoms with Crippen molar-refractivity contribution in [2.75, 3.05) is 7.11 Å². The first-order valence-electron chi connectivity index (χ1n) is 13.8. The third-order valence-electron chi connectivity index (χ3n) is 12.5. The fourth-order valence-corrected chi connectivity index (χ4v) is 11.3. The van der Waals surface area contributed by atoms with E-state index in [1.54, 1.807) is 12.7 Å². The molecule has 0 amide bonds. The molecule has 5 aliphatic rings. The molecule has 0 spiro atoms. The van der Waals surface area contributed by atoms with Crippen LogP contribution in [0.15, 0.2) is 22.2 Å². The molecule has 0 radical (unpaired) electrons. The smallest absolute Gasteiger partial charge is 0.312 e. The number of esters is 1. The minimum Gasteiger partial charge on any atom is -0.469 e. The molecule has 0 bridgehead atoms. The lowest BCUT2D eigenvalue weighted by Crippen LogP contribution is -2.64. The largest absolute Gasteiger partial charge is 0.469 e. The van der Waals surface area contributed by atoms with Gasteiger partial charge in [-0.1, -0.05) is 66.2 Å². The molecule has 0 aromatic carbocycles. The monoisotopic (exact) mass is 544 g/mol. The second-order valence-corrected chi connectivity index (χ2v) is 15.6. The summed E-state index contributed by atoms with van der Waals surface area (Å²) in [5.41, 5.74) is 1.24. The van der Waals surface area contributed by atoms with Gasteiger partial charge >= 0.3 is 5.97 Å². The molecule has 0 aromatic rings. The molecular formula is C31H45BrO3. The first-order valence-corrected chi connectivity index (χ1v) is 14.6. The summed E-state index contributed by atoms with van der Waals surface area (Å²) in [5, 5.41) is 0. The van der Waals surface area contributed by atoms with Gasteiger partial charge in [0.15, 0.2) is 5.78 Å². The van der Waals surface area contributed by atoms with Gasteiger partial charge in [0.1, 0.15) is 0 Å². The molecule has 0 aliphatic heterocycles. The number of halogens is 1. The molecule has 5 rings (SSSR count). The zero-order valence-corrected chi connectivity index (χ0v) is 24.7. The third kappa shape index (κ3) is 3.13. The van der Waals surface area contributed by atoms with Gasteiger partial charge in [-0.05, 0) is 107 Å². The van der Waals surface area contributed by atoms with Gasteiger partial charge < -0.3 is 4.74 Å². The maximum atomic E-state index is 13.4. The van der Waals surface area contributed by atoms with E-state index in [2.05, 4.69) is 76.5 Å². The van der Waals surface area contributed by atoms with E-state index < -0.39 is 0 Å². The average molecular weight is 546 g/mol. The van der Waals surface area contributed by atoms with Crippen LogP contribution in [0.4, 0.5) is 0 Å². The van der Waals surface area contributed by atoms with E-state index in [-0.39, 0.29) is 50.2 Å². The number of carbonyl (C=O) groups excluding carboxylic acids is 2. The molecule has 0 heterocycles. The quantitative estimate of drug-likeness (QED) is 0.248. The molecule has 0 saturated heterocycles. The number of ether oxygens (including phenoxy) is 1. The van der Waals surface area contributed by atoms with Crippen molar-refractivity contribution in [2.24, 2.45) is 50.2 Å². The Kier molecular flexibility index (Phi) is 5.57. The summed E-state index contributed by atoms with van der Waals surface area (Å²) in [5.74, 6) is 1.37. The Morgan fingerprint density at radius 2 is 1.63 bits per heavy atom. The summed E-state index contributed by atoms with van der Waals surface area (Å²) in [4.78, 5) is 26.5. The number of carbonyl (C=O) groups is 2. The summed E-state index contributed by atoms with van der Waals surface area (Å²) < 4.78 is 6.25. The topological polar surface area (TPSA) is 43.4 Å². The van der Waals surface area contributed by atoms with Crippen molar-refractivity contribution in [2.45, 2.75) is 99.8 Å². The van der Waals surface area contributed by atoms with E-state index in [0.717, 1.165) is 55.8 Å². The number of fused-ring (bicyclic) bond motifs is 7. The van der Waals surface area contributed by atoms with E-state index in [1.807, 2.05) is 0 Å². The first-order chi connectivity index (χ1) is 16.1. The van der Waals surface area contributed by atoms with Crippen LogP contribution in [0, 0.1) is 50.2 Å². The summed E-state index contributed by atoms with van der Waals surface area (Å²) >= 11 is 3.68. The highest BCUT2D eigenvalue weighted by atomic mass is 79.9. The van der Waals surface area contributed by atoms with Crippen molar-refractivity contribution in [1.29, 1.82) is 0 Å². The number of allylic oxidation sites excluding steroid dienone is 4. The zero-order valence-electron chi connectivity index (χ0n) is 23.1. The predicted molar refractivity (Wildman–Crippen MR) is 144 cm³/mol. The van der Waals surface area contributed by atoms with Gasteiger partial charge in [-0.2, -0.15) is 0 Å². The minimum atomic E-state index is -0.359. The molecule has 35 heavy (non-hydrogen) atoms. The standard InChI is InChI=1S/C31H45BrO3/c1-26(2)13-15-31(25(34)35-8)16-14-29(6)19(20(31)17-26)9-10-23-28(5)18-21(32)24(33)27(3,4)22(28)11-12-30(23,29)7/h9,18,20,22-23H,10-17H2,1-8H3/t20?,22-,23+,28-,29+,30+,31-/m0/s1. The van der Waals surface area contributed by atoms with Crippen molar-refractivity contribution in [3.05, 3.63) is 22.2 Å². The second-order valence-electron chi connectivity index (χ2n) is 14.8. The highest BCUT2D eigenvalue weighted by Gasteiger charge is 2.69. The first kappa shape index (κ1) is 25.7. The van der Waals surface area contributed by atoms with Crippen molar-refractivity contribution in [3.63, 3.8) is 0 Å². The van der Waals surface area contributed by atoms with E-state index in [0.29, 0.717) is 11.8 Å². The van der Waals surface area contributed by atoms with Crippen molar-refractivity contribution >= 4 is 27.7 Å². The third-order valence-corrected chi connectivity index (χ3v) is 13.1. The van der Waals surface area contributed by atoms with Crippen LogP contribution in [0.1, 0.15) is 99.8 Å². The average Bonchev–Trinajstić information content (AvgIpc) is 2.77. The van der Waals surface area contributed by atoms with Gasteiger partial charge in [0.25, 0.3) is 0 Å². The number of hydrogen-bond acceptors (Lipinski definition) is 3. The molecule has 0 aromatic heterocycles. The van der Waals surface area contributed by atoms with Gasteiger partial charge in [0.05, 0.1) is 17.0 Å².